The third-order valence-electron chi connectivity index (χ3n) is 3.33. The first kappa shape index (κ1) is 12.4. The summed E-state index contributed by atoms with van der Waals surface area (Å²) in [4.78, 5) is 13.4. The Morgan fingerprint density at radius 3 is 2.76 bits per heavy atom. The molecule has 1 aromatic heterocycles. The lowest BCUT2D eigenvalue weighted by molar-refractivity contribution is 0.0416. The molecular weight excluding hydrogens is 234 g/mol. The number of hydrogen-bond donors (Lipinski definition) is 1. The van der Waals surface area contributed by atoms with Gasteiger partial charge < -0.3 is 10.5 Å². The molecule has 0 bridgehead atoms. The quantitative estimate of drug-likeness (QED) is 0.840. The molecule has 0 atom stereocenters. The third kappa shape index (κ3) is 3.22. The zero-order valence-corrected chi connectivity index (χ0v) is 11.0. The first-order valence-electron chi connectivity index (χ1n) is 6.20. The maximum absolute atomic E-state index is 11.8. The number of carbonyl (C=O) groups is 1. The van der Waals surface area contributed by atoms with Gasteiger partial charge in [0.1, 0.15) is 4.88 Å². The Labute approximate surface area is 106 Å². The molecule has 0 unspecified atom stereocenters. The summed E-state index contributed by atoms with van der Waals surface area (Å²) in [6, 6.07) is 1.71. The molecule has 1 aliphatic rings. The van der Waals surface area contributed by atoms with E-state index in [9.17, 15) is 4.79 Å². The standard InChI is InChI=1S/C13H19NO2S/c1-9-11(14)7-12(17-9)13(15)16-8-10-5-3-2-4-6-10/h7,10H,2-6,8,14H2,1H3. The van der Waals surface area contributed by atoms with E-state index in [1.807, 2.05) is 6.92 Å². The molecule has 2 rings (SSSR count). The highest BCUT2D eigenvalue weighted by Crippen LogP contribution is 2.26. The van der Waals surface area contributed by atoms with E-state index in [0.29, 0.717) is 23.1 Å². The first-order valence-corrected chi connectivity index (χ1v) is 7.01. The van der Waals surface area contributed by atoms with Crippen LogP contribution >= 0.6 is 11.3 Å². The van der Waals surface area contributed by atoms with Crippen molar-refractivity contribution >= 4 is 23.0 Å². The minimum atomic E-state index is -0.222. The number of esters is 1. The summed E-state index contributed by atoms with van der Waals surface area (Å²) in [5, 5.41) is 0. The molecule has 4 heteroatoms. The summed E-state index contributed by atoms with van der Waals surface area (Å²) in [6.45, 7) is 2.48. The van der Waals surface area contributed by atoms with Gasteiger partial charge in [0.15, 0.2) is 0 Å². The van der Waals surface area contributed by atoms with Gasteiger partial charge in [0.05, 0.1) is 6.61 Å². The van der Waals surface area contributed by atoms with Crippen molar-refractivity contribution in [2.45, 2.75) is 39.0 Å². The Morgan fingerprint density at radius 1 is 1.47 bits per heavy atom. The summed E-state index contributed by atoms with van der Waals surface area (Å²) in [7, 11) is 0. The second kappa shape index (κ2) is 5.54. The number of anilines is 1. The van der Waals surface area contributed by atoms with Crippen LogP contribution in [0.25, 0.3) is 0 Å². The Balaban J connectivity index is 1.84. The van der Waals surface area contributed by atoms with Gasteiger partial charge >= 0.3 is 5.97 Å². The highest BCUT2D eigenvalue weighted by Gasteiger charge is 2.17. The van der Waals surface area contributed by atoms with Gasteiger partial charge in [-0.25, -0.2) is 4.79 Å². The summed E-state index contributed by atoms with van der Waals surface area (Å²) in [6.07, 6.45) is 6.25. The van der Waals surface area contributed by atoms with Gasteiger partial charge in [0.2, 0.25) is 0 Å². The maximum atomic E-state index is 11.8. The van der Waals surface area contributed by atoms with Gasteiger partial charge in [-0.3, -0.25) is 0 Å². The van der Waals surface area contributed by atoms with Crippen molar-refractivity contribution in [3.05, 3.63) is 15.8 Å². The molecule has 2 N–H and O–H groups in total. The van der Waals surface area contributed by atoms with Crippen LogP contribution in [0.1, 0.15) is 46.7 Å². The molecule has 1 fully saturated rings. The van der Waals surface area contributed by atoms with Crippen LogP contribution in [-0.4, -0.2) is 12.6 Å². The largest absolute Gasteiger partial charge is 0.461 e. The van der Waals surface area contributed by atoms with E-state index >= 15 is 0 Å². The van der Waals surface area contributed by atoms with Crippen LogP contribution in [0.15, 0.2) is 6.07 Å². The number of hydrogen-bond acceptors (Lipinski definition) is 4. The van der Waals surface area contributed by atoms with Crippen molar-refractivity contribution in [3.8, 4) is 0 Å². The van der Waals surface area contributed by atoms with Crippen LogP contribution in [0.4, 0.5) is 5.69 Å². The second-order valence-electron chi connectivity index (χ2n) is 4.72. The van der Waals surface area contributed by atoms with E-state index in [4.69, 9.17) is 10.5 Å². The molecule has 0 aliphatic heterocycles. The summed E-state index contributed by atoms with van der Waals surface area (Å²) < 4.78 is 5.35. The molecule has 3 nitrogen and oxygen atoms in total. The van der Waals surface area contributed by atoms with E-state index in [0.717, 1.165) is 4.88 Å². The number of nitrogen functional groups attached to an aromatic ring is 1. The minimum absolute atomic E-state index is 0.222. The molecule has 0 radical (unpaired) electrons. The van der Waals surface area contributed by atoms with Crippen molar-refractivity contribution in [2.75, 3.05) is 12.3 Å². The van der Waals surface area contributed by atoms with Crippen LogP contribution in [0.5, 0.6) is 0 Å². The molecule has 1 aliphatic carbocycles. The monoisotopic (exact) mass is 253 g/mol. The molecule has 94 valence electrons. The first-order chi connectivity index (χ1) is 8.16. The van der Waals surface area contributed by atoms with Gasteiger partial charge in [-0.2, -0.15) is 0 Å². The number of rotatable bonds is 3. The Kier molecular flexibility index (Phi) is 4.05. The van der Waals surface area contributed by atoms with Gasteiger partial charge in [-0.1, -0.05) is 19.3 Å². The number of aryl methyl sites for hydroxylation is 1. The molecule has 1 aromatic rings. The minimum Gasteiger partial charge on any atom is -0.461 e. The molecule has 0 spiro atoms. The van der Waals surface area contributed by atoms with Gasteiger partial charge in [0.25, 0.3) is 0 Å². The maximum Gasteiger partial charge on any atom is 0.348 e. The normalized spacial score (nSPS) is 17.0. The molecule has 0 aromatic carbocycles. The number of thiophene rings is 1. The molecular formula is C13H19NO2S. The highest BCUT2D eigenvalue weighted by molar-refractivity contribution is 7.14. The lowest BCUT2D eigenvalue weighted by atomic mass is 9.90. The van der Waals surface area contributed by atoms with E-state index in [2.05, 4.69) is 0 Å². The van der Waals surface area contributed by atoms with Crippen LogP contribution in [0, 0.1) is 12.8 Å². The molecule has 1 heterocycles. The van der Waals surface area contributed by atoms with Crippen molar-refractivity contribution in [1.29, 1.82) is 0 Å². The zero-order valence-electron chi connectivity index (χ0n) is 10.2. The average Bonchev–Trinajstić information content (AvgIpc) is 2.68. The number of carbonyl (C=O) groups excluding carboxylic acids is 1. The lowest BCUT2D eigenvalue weighted by Gasteiger charge is -2.20. The average molecular weight is 253 g/mol. The Hall–Kier alpha value is -1.03. The molecule has 0 amide bonds. The summed E-state index contributed by atoms with van der Waals surface area (Å²) >= 11 is 1.41. The van der Waals surface area contributed by atoms with Crippen LogP contribution in [-0.2, 0) is 4.74 Å². The predicted octanol–water partition coefficient (Wildman–Crippen LogP) is 3.38. The highest BCUT2D eigenvalue weighted by atomic mass is 32.1. The van der Waals surface area contributed by atoms with Crippen LogP contribution in [0.2, 0.25) is 0 Å². The van der Waals surface area contributed by atoms with Crippen molar-refractivity contribution in [1.82, 2.24) is 0 Å². The fourth-order valence-corrected chi connectivity index (χ4v) is 3.05. The lowest BCUT2D eigenvalue weighted by Crippen LogP contribution is -2.16. The fourth-order valence-electron chi connectivity index (χ4n) is 2.22. The van der Waals surface area contributed by atoms with Gasteiger partial charge in [0, 0.05) is 10.6 Å². The molecule has 0 saturated heterocycles. The Bertz CT molecular complexity index is 375. The summed E-state index contributed by atoms with van der Waals surface area (Å²) in [5.74, 6) is 0.339. The summed E-state index contributed by atoms with van der Waals surface area (Å²) in [5.41, 5.74) is 6.40. The zero-order chi connectivity index (χ0) is 12.3. The number of ether oxygens (including phenoxy) is 1. The van der Waals surface area contributed by atoms with Gasteiger partial charge in [-0.05, 0) is 31.7 Å². The molecule has 17 heavy (non-hydrogen) atoms. The van der Waals surface area contributed by atoms with E-state index in [1.54, 1.807) is 6.07 Å². The Morgan fingerprint density at radius 2 is 2.18 bits per heavy atom. The van der Waals surface area contributed by atoms with E-state index < -0.39 is 0 Å². The van der Waals surface area contributed by atoms with Crippen molar-refractivity contribution < 1.29 is 9.53 Å². The fraction of sp³-hybridized carbons (Fsp3) is 0.615. The smallest absolute Gasteiger partial charge is 0.348 e. The van der Waals surface area contributed by atoms with Crippen LogP contribution < -0.4 is 5.73 Å². The predicted molar refractivity (Wildman–Crippen MR) is 70.3 cm³/mol. The van der Waals surface area contributed by atoms with E-state index in [1.165, 1.54) is 43.4 Å². The topological polar surface area (TPSA) is 52.3 Å². The van der Waals surface area contributed by atoms with E-state index in [-0.39, 0.29) is 5.97 Å². The SMILES string of the molecule is Cc1sc(C(=O)OCC2CCCCC2)cc1N. The second-order valence-corrected chi connectivity index (χ2v) is 5.98. The van der Waals surface area contributed by atoms with Crippen molar-refractivity contribution in [2.24, 2.45) is 5.92 Å². The van der Waals surface area contributed by atoms with Crippen LogP contribution in [0.3, 0.4) is 0 Å². The molecule has 1 saturated carbocycles. The van der Waals surface area contributed by atoms with Gasteiger partial charge in [-0.15, -0.1) is 11.3 Å². The van der Waals surface area contributed by atoms with Crippen molar-refractivity contribution in [3.63, 3.8) is 0 Å². The third-order valence-corrected chi connectivity index (χ3v) is 4.38. The number of nitrogens with two attached hydrogens (primary N) is 1.